The van der Waals surface area contributed by atoms with Crippen LogP contribution in [-0.2, 0) is 17.6 Å². The van der Waals surface area contributed by atoms with Crippen LogP contribution in [-0.4, -0.2) is 11.1 Å². The lowest BCUT2D eigenvalue weighted by atomic mass is 10.1. The number of rotatable bonds is 4. The van der Waals surface area contributed by atoms with Crippen molar-refractivity contribution in [1.29, 1.82) is 0 Å². The number of hydrogen-bond donors (Lipinski definition) is 2. The predicted molar refractivity (Wildman–Crippen MR) is 60.1 cm³/mol. The third-order valence-electron chi connectivity index (χ3n) is 2.80. The molecule has 1 unspecified atom stereocenters. The smallest absolute Gasteiger partial charge is 0.303 e. The minimum atomic E-state index is -0.769. The second-order valence-electron chi connectivity index (χ2n) is 3.99. The van der Waals surface area contributed by atoms with Crippen molar-refractivity contribution in [3.63, 3.8) is 0 Å². The van der Waals surface area contributed by atoms with Gasteiger partial charge in [-0.1, -0.05) is 0 Å². The van der Waals surface area contributed by atoms with Crippen molar-refractivity contribution in [2.75, 3.05) is 0 Å². The van der Waals surface area contributed by atoms with E-state index in [9.17, 15) is 4.79 Å². The molecule has 0 saturated carbocycles. The summed E-state index contributed by atoms with van der Waals surface area (Å²) in [6, 6.07) is 2.07. The van der Waals surface area contributed by atoms with Gasteiger partial charge >= 0.3 is 5.97 Å². The number of thiophene rings is 1. The minimum absolute atomic E-state index is 0.100. The van der Waals surface area contributed by atoms with Gasteiger partial charge in [-0.2, -0.15) is 0 Å². The van der Waals surface area contributed by atoms with Crippen LogP contribution in [0.1, 0.15) is 40.6 Å². The van der Waals surface area contributed by atoms with Gasteiger partial charge in [0.2, 0.25) is 0 Å². The molecule has 3 N–H and O–H groups in total. The molecular weight excluding hydrogens is 210 g/mol. The summed E-state index contributed by atoms with van der Waals surface area (Å²) in [6.07, 6.45) is 4.29. The van der Waals surface area contributed by atoms with Gasteiger partial charge in [0, 0.05) is 22.2 Å². The maximum Gasteiger partial charge on any atom is 0.303 e. The molecule has 0 saturated heterocycles. The summed E-state index contributed by atoms with van der Waals surface area (Å²) in [5.41, 5.74) is 7.38. The summed E-state index contributed by atoms with van der Waals surface area (Å²) in [5.74, 6) is -0.769. The fourth-order valence-corrected chi connectivity index (χ4v) is 3.25. The van der Waals surface area contributed by atoms with Crippen LogP contribution in [0.15, 0.2) is 6.07 Å². The summed E-state index contributed by atoms with van der Waals surface area (Å²) in [4.78, 5) is 13.0. The first-order valence-corrected chi connectivity index (χ1v) is 6.07. The van der Waals surface area contributed by atoms with Gasteiger partial charge in [-0.15, -0.1) is 11.3 Å². The first kappa shape index (κ1) is 10.6. The van der Waals surface area contributed by atoms with Crippen molar-refractivity contribution in [1.82, 2.24) is 0 Å². The Morgan fingerprint density at radius 1 is 1.60 bits per heavy atom. The maximum atomic E-state index is 10.4. The van der Waals surface area contributed by atoms with Crippen LogP contribution in [0.3, 0.4) is 0 Å². The zero-order valence-electron chi connectivity index (χ0n) is 8.53. The van der Waals surface area contributed by atoms with Crippen LogP contribution in [0, 0.1) is 0 Å². The quantitative estimate of drug-likeness (QED) is 0.824. The Kier molecular flexibility index (Phi) is 3.07. The first-order valence-electron chi connectivity index (χ1n) is 5.25. The van der Waals surface area contributed by atoms with E-state index in [4.69, 9.17) is 10.8 Å². The summed E-state index contributed by atoms with van der Waals surface area (Å²) in [7, 11) is 0. The van der Waals surface area contributed by atoms with Crippen molar-refractivity contribution >= 4 is 17.3 Å². The van der Waals surface area contributed by atoms with E-state index >= 15 is 0 Å². The SMILES string of the molecule is NC(CCC(=O)O)c1cc2c(s1)CCC2. The normalized spacial score (nSPS) is 16.3. The summed E-state index contributed by atoms with van der Waals surface area (Å²) < 4.78 is 0. The van der Waals surface area contributed by atoms with Crippen LogP contribution in [0.4, 0.5) is 0 Å². The molecule has 1 atom stereocenters. The van der Waals surface area contributed by atoms with E-state index in [2.05, 4.69) is 6.07 Å². The van der Waals surface area contributed by atoms with E-state index in [1.165, 1.54) is 23.3 Å². The molecule has 1 aliphatic rings. The molecule has 1 aromatic heterocycles. The molecule has 0 bridgehead atoms. The lowest BCUT2D eigenvalue weighted by Crippen LogP contribution is -2.10. The van der Waals surface area contributed by atoms with Crippen LogP contribution in [0.5, 0.6) is 0 Å². The van der Waals surface area contributed by atoms with E-state index in [-0.39, 0.29) is 12.5 Å². The molecule has 0 spiro atoms. The molecule has 0 amide bonds. The average molecular weight is 225 g/mol. The molecule has 1 aromatic rings. The van der Waals surface area contributed by atoms with Crippen molar-refractivity contribution in [3.8, 4) is 0 Å². The van der Waals surface area contributed by atoms with Crippen molar-refractivity contribution < 1.29 is 9.90 Å². The Morgan fingerprint density at radius 3 is 3.07 bits per heavy atom. The monoisotopic (exact) mass is 225 g/mol. The zero-order chi connectivity index (χ0) is 10.8. The molecule has 15 heavy (non-hydrogen) atoms. The molecule has 3 nitrogen and oxygen atoms in total. The Bertz CT molecular complexity index is 351. The molecule has 1 aliphatic carbocycles. The standard InChI is InChI=1S/C11H15NO2S/c12-8(4-5-11(13)14)10-6-7-2-1-3-9(7)15-10/h6,8H,1-5,12H2,(H,13,14). The highest BCUT2D eigenvalue weighted by Crippen LogP contribution is 2.34. The van der Waals surface area contributed by atoms with Crippen molar-refractivity contribution in [2.45, 2.75) is 38.1 Å². The Balaban J connectivity index is 1.99. The number of nitrogens with two attached hydrogens (primary N) is 1. The summed E-state index contributed by atoms with van der Waals surface area (Å²) in [6.45, 7) is 0. The lowest BCUT2D eigenvalue weighted by Gasteiger charge is -2.07. The molecule has 1 heterocycles. The molecular formula is C11H15NO2S. The third-order valence-corrected chi connectivity index (χ3v) is 4.17. The molecule has 0 radical (unpaired) electrons. The van der Waals surface area contributed by atoms with Crippen LogP contribution in [0.25, 0.3) is 0 Å². The van der Waals surface area contributed by atoms with Gasteiger partial charge < -0.3 is 10.8 Å². The Labute approximate surface area is 92.9 Å². The number of carbonyl (C=O) groups is 1. The summed E-state index contributed by atoms with van der Waals surface area (Å²) in [5, 5.41) is 8.57. The van der Waals surface area contributed by atoms with Crippen LogP contribution >= 0.6 is 11.3 Å². The van der Waals surface area contributed by atoms with Gasteiger partial charge in [0.05, 0.1) is 0 Å². The first-order chi connectivity index (χ1) is 7.16. The van der Waals surface area contributed by atoms with E-state index in [0.29, 0.717) is 6.42 Å². The van der Waals surface area contributed by atoms with Gasteiger partial charge in [0.25, 0.3) is 0 Å². The summed E-state index contributed by atoms with van der Waals surface area (Å²) >= 11 is 1.76. The van der Waals surface area contributed by atoms with Gasteiger partial charge in [0.1, 0.15) is 0 Å². The highest BCUT2D eigenvalue weighted by molar-refractivity contribution is 7.12. The molecule has 0 fully saturated rings. The van der Waals surface area contributed by atoms with E-state index < -0.39 is 5.97 Å². The number of hydrogen-bond acceptors (Lipinski definition) is 3. The highest BCUT2D eigenvalue weighted by atomic mass is 32.1. The highest BCUT2D eigenvalue weighted by Gasteiger charge is 2.18. The third kappa shape index (κ3) is 2.38. The van der Waals surface area contributed by atoms with Crippen molar-refractivity contribution in [2.24, 2.45) is 5.73 Å². The molecule has 82 valence electrons. The largest absolute Gasteiger partial charge is 0.481 e. The topological polar surface area (TPSA) is 63.3 Å². The second-order valence-corrected chi connectivity index (χ2v) is 5.16. The Hall–Kier alpha value is -0.870. The number of aryl methyl sites for hydroxylation is 2. The number of carboxylic acids is 1. The second kappa shape index (κ2) is 4.33. The fraction of sp³-hybridized carbons (Fsp3) is 0.545. The van der Waals surface area contributed by atoms with Crippen LogP contribution in [0.2, 0.25) is 0 Å². The fourth-order valence-electron chi connectivity index (χ4n) is 1.96. The maximum absolute atomic E-state index is 10.4. The molecule has 0 aliphatic heterocycles. The molecule has 2 rings (SSSR count). The van der Waals surface area contributed by atoms with E-state index in [0.717, 1.165) is 11.3 Å². The average Bonchev–Trinajstić information content (AvgIpc) is 2.72. The lowest BCUT2D eigenvalue weighted by molar-refractivity contribution is -0.137. The van der Waals surface area contributed by atoms with Gasteiger partial charge in [0.15, 0.2) is 0 Å². The van der Waals surface area contributed by atoms with E-state index in [1.807, 2.05) is 0 Å². The van der Waals surface area contributed by atoms with Gasteiger partial charge in [-0.3, -0.25) is 4.79 Å². The van der Waals surface area contributed by atoms with E-state index in [1.54, 1.807) is 11.3 Å². The number of fused-ring (bicyclic) bond motifs is 1. The molecule has 4 heteroatoms. The molecule has 0 aromatic carbocycles. The van der Waals surface area contributed by atoms with Crippen LogP contribution < -0.4 is 5.73 Å². The number of carboxylic acid groups (broad SMARTS) is 1. The zero-order valence-corrected chi connectivity index (χ0v) is 9.35. The Morgan fingerprint density at radius 2 is 2.40 bits per heavy atom. The van der Waals surface area contributed by atoms with Gasteiger partial charge in [-0.05, 0) is 37.3 Å². The minimum Gasteiger partial charge on any atom is -0.481 e. The van der Waals surface area contributed by atoms with Crippen molar-refractivity contribution in [3.05, 3.63) is 21.4 Å². The van der Waals surface area contributed by atoms with Gasteiger partial charge in [-0.25, -0.2) is 0 Å². The number of aliphatic carboxylic acids is 1. The predicted octanol–water partition coefficient (Wildman–Crippen LogP) is 2.10.